The van der Waals surface area contributed by atoms with Crippen molar-refractivity contribution < 1.29 is 9.53 Å². The van der Waals surface area contributed by atoms with Gasteiger partial charge in [0.05, 0.1) is 23.4 Å². The van der Waals surface area contributed by atoms with Crippen LogP contribution in [0, 0.1) is 6.92 Å². The molecule has 0 saturated heterocycles. The monoisotopic (exact) mass is 516 g/mol. The molecule has 8 heteroatoms. The number of aromatic nitrogens is 4. The molecule has 2 aromatic carbocycles. The molecule has 6 rings (SSSR count). The number of nitrogens with zero attached hydrogens (tertiary/aromatic N) is 4. The van der Waals surface area contributed by atoms with Gasteiger partial charge in [-0.05, 0) is 66.4 Å². The second-order valence-corrected chi connectivity index (χ2v) is 9.86. The van der Waals surface area contributed by atoms with Crippen LogP contribution < -0.4 is 11.1 Å². The van der Waals surface area contributed by atoms with E-state index in [0.29, 0.717) is 23.7 Å². The number of ether oxygens (including phenoxy) is 1. The number of hydrogen-bond donors (Lipinski definition) is 2. The average Bonchev–Trinajstić information content (AvgIpc) is 3.48. The molecule has 3 aromatic heterocycles. The van der Waals surface area contributed by atoms with Crippen LogP contribution in [0.1, 0.15) is 35.5 Å². The SMILES string of the molecule is C=C(C)C(=O)Nc1ccc(-c2c(-c3ccc4c(c3)CO[C@@H]4c3cccc(C)n3)c3c(N)ncnc3n2C)cc1. The number of anilines is 2. The number of carbonyl (C=O) groups excluding carboxylic acids is 1. The van der Waals surface area contributed by atoms with Crippen LogP contribution in [-0.4, -0.2) is 25.4 Å². The lowest BCUT2D eigenvalue weighted by Crippen LogP contribution is -2.11. The van der Waals surface area contributed by atoms with E-state index in [0.717, 1.165) is 55.9 Å². The highest BCUT2D eigenvalue weighted by Crippen LogP contribution is 2.44. The van der Waals surface area contributed by atoms with Crippen LogP contribution in [0.5, 0.6) is 0 Å². The Morgan fingerprint density at radius 3 is 2.62 bits per heavy atom. The Labute approximate surface area is 226 Å². The third-order valence-corrected chi connectivity index (χ3v) is 7.10. The Bertz CT molecular complexity index is 1770. The first kappa shape index (κ1) is 24.5. The number of aryl methyl sites for hydroxylation is 2. The molecule has 4 heterocycles. The van der Waals surface area contributed by atoms with Crippen molar-refractivity contribution in [3.8, 4) is 22.4 Å². The number of pyridine rings is 1. The zero-order chi connectivity index (χ0) is 27.3. The van der Waals surface area contributed by atoms with Gasteiger partial charge in [-0.15, -0.1) is 0 Å². The predicted octanol–water partition coefficient (Wildman–Crippen LogP) is 5.72. The van der Waals surface area contributed by atoms with Crippen LogP contribution in [-0.2, 0) is 23.2 Å². The van der Waals surface area contributed by atoms with E-state index in [1.807, 2.05) is 61.0 Å². The van der Waals surface area contributed by atoms with Crippen LogP contribution in [0.3, 0.4) is 0 Å². The summed E-state index contributed by atoms with van der Waals surface area (Å²) in [5.41, 5.74) is 16.3. The standard InChI is InChI=1S/C31H28N6O2/c1-17(2)31(38)36-22-11-8-19(9-12-22)27-25(26-29(32)33-16-34-30(26)37(27)4)20-10-13-23-21(14-20)15-39-28(23)24-7-5-6-18(3)35-24/h5-14,16,28H,1,15H2,2-4H3,(H,36,38)(H2,32,33,34)/t28-/m0/s1. The van der Waals surface area contributed by atoms with Crippen molar-refractivity contribution in [3.63, 3.8) is 0 Å². The highest BCUT2D eigenvalue weighted by atomic mass is 16.5. The number of hydrogen-bond acceptors (Lipinski definition) is 6. The number of carbonyl (C=O) groups is 1. The van der Waals surface area contributed by atoms with Gasteiger partial charge in [0, 0.05) is 29.6 Å². The molecule has 0 aliphatic carbocycles. The number of amides is 1. The Morgan fingerprint density at radius 1 is 1.10 bits per heavy atom. The van der Waals surface area contributed by atoms with Crippen LogP contribution >= 0.6 is 0 Å². The summed E-state index contributed by atoms with van der Waals surface area (Å²) in [7, 11) is 1.97. The third kappa shape index (κ3) is 4.24. The van der Waals surface area contributed by atoms with E-state index in [1.54, 1.807) is 6.92 Å². The van der Waals surface area contributed by atoms with E-state index < -0.39 is 0 Å². The van der Waals surface area contributed by atoms with Gasteiger partial charge >= 0.3 is 0 Å². The number of rotatable bonds is 5. The Hall–Kier alpha value is -4.82. The van der Waals surface area contributed by atoms with Gasteiger partial charge < -0.3 is 20.4 Å². The summed E-state index contributed by atoms with van der Waals surface area (Å²) < 4.78 is 8.23. The number of nitrogens with two attached hydrogens (primary N) is 1. The van der Waals surface area contributed by atoms with Gasteiger partial charge in [0.1, 0.15) is 23.9 Å². The highest BCUT2D eigenvalue weighted by molar-refractivity contribution is 6.08. The average molecular weight is 517 g/mol. The summed E-state index contributed by atoms with van der Waals surface area (Å²) in [6.45, 7) is 7.86. The van der Waals surface area contributed by atoms with Crippen molar-refractivity contribution in [2.45, 2.75) is 26.6 Å². The molecule has 0 saturated carbocycles. The number of nitrogens with one attached hydrogen (secondary N) is 1. The van der Waals surface area contributed by atoms with Crippen molar-refractivity contribution in [2.24, 2.45) is 7.05 Å². The van der Waals surface area contributed by atoms with Gasteiger partial charge in [-0.3, -0.25) is 9.78 Å². The van der Waals surface area contributed by atoms with Gasteiger partial charge in [-0.1, -0.05) is 36.9 Å². The number of nitrogen functional groups attached to an aromatic ring is 1. The molecule has 1 amide bonds. The van der Waals surface area contributed by atoms with Crippen molar-refractivity contribution in [3.05, 3.63) is 102 Å². The van der Waals surface area contributed by atoms with Gasteiger partial charge in [0.25, 0.3) is 5.91 Å². The smallest absolute Gasteiger partial charge is 0.250 e. The molecule has 0 bridgehead atoms. The molecule has 0 fully saturated rings. The fraction of sp³-hybridized carbons (Fsp3) is 0.161. The first-order chi connectivity index (χ1) is 18.8. The van der Waals surface area contributed by atoms with Crippen LogP contribution in [0.15, 0.2) is 79.1 Å². The molecule has 1 aliphatic heterocycles. The molecular formula is C31H28N6O2. The van der Waals surface area contributed by atoms with Crippen molar-refractivity contribution in [1.82, 2.24) is 19.5 Å². The van der Waals surface area contributed by atoms with E-state index in [2.05, 4.69) is 45.0 Å². The molecule has 194 valence electrons. The topological polar surface area (TPSA) is 108 Å². The van der Waals surface area contributed by atoms with Crippen molar-refractivity contribution >= 4 is 28.4 Å². The molecule has 0 spiro atoms. The normalized spacial score (nSPS) is 14.4. The zero-order valence-corrected chi connectivity index (χ0v) is 22.0. The molecule has 39 heavy (non-hydrogen) atoms. The van der Waals surface area contributed by atoms with Crippen LogP contribution in [0.2, 0.25) is 0 Å². The summed E-state index contributed by atoms with van der Waals surface area (Å²) in [6, 6.07) is 20.1. The highest BCUT2D eigenvalue weighted by Gasteiger charge is 2.28. The lowest BCUT2D eigenvalue weighted by atomic mass is 9.94. The summed E-state index contributed by atoms with van der Waals surface area (Å²) in [5.74, 6) is 0.205. The molecule has 1 aliphatic rings. The molecule has 5 aromatic rings. The summed E-state index contributed by atoms with van der Waals surface area (Å²) >= 11 is 0. The summed E-state index contributed by atoms with van der Waals surface area (Å²) in [6.07, 6.45) is 1.29. The lowest BCUT2D eigenvalue weighted by Gasteiger charge is -2.13. The lowest BCUT2D eigenvalue weighted by molar-refractivity contribution is -0.112. The largest absolute Gasteiger partial charge is 0.383 e. The fourth-order valence-electron chi connectivity index (χ4n) is 5.20. The minimum absolute atomic E-state index is 0.198. The fourth-order valence-corrected chi connectivity index (χ4v) is 5.20. The Kier molecular flexibility index (Phi) is 5.96. The first-order valence-electron chi connectivity index (χ1n) is 12.7. The Morgan fingerprint density at radius 2 is 1.87 bits per heavy atom. The van der Waals surface area contributed by atoms with E-state index in [-0.39, 0.29) is 12.0 Å². The molecular weight excluding hydrogens is 488 g/mol. The maximum Gasteiger partial charge on any atom is 0.250 e. The van der Waals surface area contributed by atoms with Crippen LogP contribution in [0.25, 0.3) is 33.4 Å². The quantitative estimate of drug-likeness (QED) is 0.289. The predicted molar refractivity (Wildman–Crippen MR) is 153 cm³/mol. The minimum Gasteiger partial charge on any atom is -0.383 e. The van der Waals surface area contributed by atoms with Crippen LogP contribution in [0.4, 0.5) is 11.5 Å². The van der Waals surface area contributed by atoms with Gasteiger partial charge in [-0.25, -0.2) is 9.97 Å². The number of benzene rings is 2. The van der Waals surface area contributed by atoms with Gasteiger partial charge in [-0.2, -0.15) is 0 Å². The molecule has 1 atom stereocenters. The molecule has 0 unspecified atom stereocenters. The van der Waals surface area contributed by atoms with Crippen molar-refractivity contribution in [2.75, 3.05) is 11.1 Å². The third-order valence-electron chi connectivity index (χ3n) is 7.10. The van der Waals surface area contributed by atoms with Crippen molar-refractivity contribution in [1.29, 1.82) is 0 Å². The second-order valence-electron chi connectivity index (χ2n) is 9.86. The van der Waals surface area contributed by atoms with E-state index in [9.17, 15) is 4.79 Å². The maximum absolute atomic E-state index is 12.1. The van der Waals surface area contributed by atoms with Gasteiger partial charge in [0.2, 0.25) is 0 Å². The van der Waals surface area contributed by atoms with Gasteiger partial charge in [0.15, 0.2) is 0 Å². The molecule has 8 nitrogen and oxygen atoms in total. The zero-order valence-electron chi connectivity index (χ0n) is 22.0. The number of fused-ring (bicyclic) bond motifs is 2. The molecule has 3 N–H and O–H groups in total. The second kappa shape index (κ2) is 9.49. The Balaban J connectivity index is 1.47. The minimum atomic E-state index is -0.212. The van der Waals surface area contributed by atoms with E-state index in [1.165, 1.54) is 6.33 Å². The first-order valence-corrected chi connectivity index (χ1v) is 12.7. The van der Waals surface area contributed by atoms with E-state index >= 15 is 0 Å². The van der Waals surface area contributed by atoms with E-state index in [4.69, 9.17) is 10.5 Å². The maximum atomic E-state index is 12.1. The summed E-state index contributed by atoms with van der Waals surface area (Å²) in [4.78, 5) is 25.6. The summed E-state index contributed by atoms with van der Waals surface area (Å²) in [5, 5.41) is 3.66. The molecule has 0 radical (unpaired) electrons.